The van der Waals surface area contributed by atoms with Crippen molar-refractivity contribution in [3.05, 3.63) is 72.4 Å². The molecular weight excluding hydrogens is 448 g/mol. The lowest BCUT2D eigenvalue weighted by Crippen LogP contribution is -2.52. The van der Waals surface area contributed by atoms with Gasteiger partial charge in [0.2, 0.25) is 15.9 Å². The van der Waals surface area contributed by atoms with E-state index in [1.54, 1.807) is 30.3 Å². The van der Waals surface area contributed by atoms with E-state index in [0.717, 1.165) is 37.0 Å². The fraction of sp³-hybridized carbons (Fsp3) is 0.385. The second-order valence-corrected chi connectivity index (χ2v) is 11.0. The lowest BCUT2D eigenvalue weighted by Gasteiger charge is -2.38. The summed E-state index contributed by atoms with van der Waals surface area (Å²) in [4.78, 5) is 22.4. The standard InChI is InChI=1S/C26H30N4O3S/c31-26(23-10-6-14-30(20-23)34(32,33)24-11-2-1-3-12-24)29-17-15-28(16-18-29)19-22-8-4-7-21-9-5-13-27-25(21)22/h1-5,7-9,11-13,23H,6,10,14-20H2. The van der Waals surface area contributed by atoms with Crippen molar-refractivity contribution < 1.29 is 13.2 Å². The molecule has 0 N–H and O–H groups in total. The molecule has 0 spiro atoms. The summed E-state index contributed by atoms with van der Waals surface area (Å²) in [6.07, 6.45) is 3.27. The molecule has 34 heavy (non-hydrogen) atoms. The molecule has 0 aliphatic carbocycles. The molecule has 7 nitrogen and oxygen atoms in total. The number of hydrogen-bond donors (Lipinski definition) is 0. The van der Waals surface area contributed by atoms with Crippen molar-refractivity contribution >= 4 is 26.8 Å². The first-order valence-electron chi connectivity index (χ1n) is 11.9. The van der Waals surface area contributed by atoms with E-state index < -0.39 is 10.0 Å². The second kappa shape index (κ2) is 9.82. The molecule has 1 atom stereocenters. The van der Waals surface area contributed by atoms with Crippen LogP contribution in [0.4, 0.5) is 0 Å². The maximum Gasteiger partial charge on any atom is 0.243 e. The van der Waals surface area contributed by atoms with Crippen LogP contribution in [-0.4, -0.2) is 72.7 Å². The first-order chi connectivity index (χ1) is 16.5. The number of sulfonamides is 1. The molecule has 1 unspecified atom stereocenters. The molecule has 0 saturated carbocycles. The zero-order valence-electron chi connectivity index (χ0n) is 19.2. The van der Waals surface area contributed by atoms with Crippen molar-refractivity contribution in [2.45, 2.75) is 24.3 Å². The van der Waals surface area contributed by atoms with Gasteiger partial charge in [-0.2, -0.15) is 4.31 Å². The highest BCUT2D eigenvalue weighted by atomic mass is 32.2. The van der Waals surface area contributed by atoms with E-state index in [4.69, 9.17) is 0 Å². The third kappa shape index (κ3) is 4.71. The Morgan fingerprint density at radius 2 is 1.68 bits per heavy atom. The van der Waals surface area contributed by atoms with Crippen molar-refractivity contribution in [1.82, 2.24) is 19.1 Å². The van der Waals surface area contributed by atoms with Crippen LogP contribution in [0.25, 0.3) is 10.9 Å². The number of pyridine rings is 1. The number of piperazine rings is 1. The lowest BCUT2D eigenvalue weighted by molar-refractivity contribution is -0.138. The van der Waals surface area contributed by atoms with Crippen LogP contribution in [0.1, 0.15) is 18.4 Å². The summed E-state index contributed by atoms with van der Waals surface area (Å²) >= 11 is 0. The minimum atomic E-state index is -3.57. The molecule has 2 fully saturated rings. The van der Waals surface area contributed by atoms with Crippen molar-refractivity contribution in [1.29, 1.82) is 0 Å². The van der Waals surface area contributed by atoms with Crippen LogP contribution in [0, 0.1) is 5.92 Å². The van der Waals surface area contributed by atoms with E-state index in [2.05, 4.69) is 34.1 Å². The number of para-hydroxylation sites is 1. The number of aromatic nitrogens is 1. The fourth-order valence-electron chi connectivity index (χ4n) is 5.02. The van der Waals surface area contributed by atoms with Gasteiger partial charge in [0.15, 0.2) is 0 Å². The monoisotopic (exact) mass is 478 g/mol. The number of fused-ring (bicyclic) bond motifs is 1. The Hall–Kier alpha value is -2.81. The quantitative estimate of drug-likeness (QED) is 0.564. The lowest BCUT2D eigenvalue weighted by atomic mass is 9.97. The summed E-state index contributed by atoms with van der Waals surface area (Å²) in [6, 6.07) is 18.8. The zero-order valence-corrected chi connectivity index (χ0v) is 20.0. The highest BCUT2D eigenvalue weighted by Gasteiger charge is 2.35. The summed E-state index contributed by atoms with van der Waals surface area (Å²) in [6.45, 7) is 4.47. The Balaban J connectivity index is 1.19. The molecule has 178 valence electrons. The van der Waals surface area contributed by atoms with Gasteiger partial charge in [-0.05, 0) is 36.6 Å². The molecule has 0 bridgehead atoms. The third-order valence-electron chi connectivity index (χ3n) is 6.91. The molecule has 1 aromatic heterocycles. The van der Waals surface area contributed by atoms with Gasteiger partial charge < -0.3 is 4.90 Å². The number of hydrogen-bond acceptors (Lipinski definition) is 5. The first-order valence-corrected chi connectivity index (χ1v) is 13.4. The van der Waals surface area contributed by atoms with Crippen LogP contribution in [0.15, 0.2) is 71.8 Å². The Kier molecular flexibility index (Phi) is 6.63. The van der Waals surface area contributed by atoms with Gasteiger partial charge >= 0.3 is 0 Å². The second-order valence-electron chi connectivity index (χ2n) is 9.11. The molecule has 8 heteroatoms. The minimum Gasteiger partial charge on any atom is -0.340 e. The summed E-state index contributed by atoms with van der Waals surface area (Å²) in [5.74, 6) is -0.194. The smallest absolute Gasteiger partial charge is 0.243 e. The van der Waals surface area contributed by atoms with Crippen molar-refractivity contribution in [3.63, 3.8) is 0 Å². The van der Waals surface area contributed by atoms with E-state index in [1.165, 1.54) is 9.87 Å². The molecule has 3 heterocycles. The summed E-state index contributed by atoms with van der Waals surface area (Å²) in [5.41, 5.74) is 2.23. The largest absolute Gasteiger partial charge is 0.340 e. The van der Waals surface area contributed by atoms with Gasteiger partial charge in [-0.1, -0.05) is 42.5 Å². The van der Waals surface area contributed by atoms with Gasteiger partial charge in [0.25, 0.3) is 0 Å². The van der Waals surface area contributed by atoms with Crippen LogP contribution in [-0.2, 0) is 21.4 Å². The maximum absolute atomic E-state index is 13.3. The molecule has 0 radical (unpaired) electrons. The molecule has 3 aromatic rings. The van der Waals surface area contributed by atoms with E-state index >= 15 is 0 Å². The summed E-state index contributed by atoms with van der Waals surface area (Å²) in [7, 11) is -3.57. The van der Waals surface area contributed by atoms with Crippen molar-refractivity contribution in [2.75, 3.05) is 39.3 Å². The van der Waals surface area contributed by atoms with Crippen LogP contribution >= 0.6 is 0 Å². The van der Waals surface area contributed by atoms with E-state index in [-0.39, 0.29) is 18.4 Å². The van der Waals surface area contributed by atoms with E-state index in [1.807, 2.05) is 17.2 Å². The molecule has 2 saturated heterocycles. The zero-order chi connectivity index (χ0) is 23.5. The predicted molar refractivity (Wildman–Crippen MR) is 132 cm³/mol. The highest BCUT2D eigenvalue weighted by Crippen LogP contribution is 2.26. The van der Waals surface area contributed by atoms with Crippen molar-refractivity contribution in [3.8, 4) is 0 Å². The number of nitrogens with zero attached hydrogens (tertiary/aromatic N) is 4. The molecule has 5 rings (SSSR count). The first kappa shape index (κ1) is 23.0. The van der Waals surface area contributed by atoms with Crippen LogP contribution in [0.5, 0.6) is 0 Å². The number of amides is 1. The van der Waals surface area contributed by atoms with Gasteiger partial charge in [0, 0.05) is 57.4 Å². The Morgan fingerprint density at radius 1 is 0.912 bits per heavy atom. The van der Waals surface area contributed by atoms with Gasteiger partial charge in [0.1, 0.15) is 0 Å². The Bertz CT molecular complexity index is 1250. The van der Waals surface area contributed by atoms with E-state index in [9.17, 15) is 13.2 Å². The minimum absolute atomic E-state index is 0.0828. The van der Waals surface area contributed by atoms with Gasteiger partial charge in [-0.3, -0.25) is 14.7 Å². The average Bonchev–Trinajstić information content (AvgIpc) is 2.89. The number of piperidine rings is 1. The average molecular weight is 479 g/mol. The van der Waals surface area contributed by atoms with E-state index in [0.29, 0.717) is 31.0 Å². The molecule has 2 aromatic carbocycles. The summed E-state index contributed by atoms with van der Waals surface area (Å²) < 4.78 is 27.5. The van der Waals surface area contributed by atoms with Crippen LogP contribution in [0.3, 0.4) is 0 Å². The number of rotatable bonds is 5. The SMILES string of the molecule is O=C(C1CCCN(S(=O)(=O)c2ccccc2)C1)N1CCN(Cc2cccc3cccnc23)CC1. The number of carbonyl (C=O) groups excluding carboxylic acids is 1. The Labute approximate surface area is 201 Å². The van der Waals surface area contributed by atoms with Crippen LogP contribution < -0.4 is 0 Å². The van der Waals surface area contributed by atoms with Crippen molar-refractivity contribution in [2.24, 2.45) is 5.92 Å². The number of benzene rings is 2. The van der Waals surface area contributed by atoms with Crippen LogP contribution in [0.2, 0.25) is 0 Å². The van der Waals surface area contributed by atoms with Gasteiger partial charge in [0.05, 0.1) is 16.3 Å². The third-order valence-corrected chi connectivity index (χ3v) is 8.79. The maximum atomic E-state index is 13.3. The predicted octanol–water partition coefficient (Wildman–Crippen LogP) is 2.98. The molecule has 2 aliphatic heterocycles. The molecule has 2 aliphatic rings. The molecular formula is C26H30N4O3S. The van der Waals surface area contributed by atoms with Gasteiger partial charge in [-0.15, -0.1) is 0 Å². The topological polar surface area (TPSA) is 73.8 Å². The number of carbonyl (C=O) groups is 1. The normalized spacial score (nSPS) is 20.5. The Morgan fingerprint density at radius 3 is 2.47 bits per heavy atom. The molecule has 1 amide bonds. The van der Waals surface area contributed by atoms with Gasteiger partial charge in [-0.25, -0.2) is 8.42 Å². The fourth-order valence-corrected chi connectivity index (χ4v) is 6.57. The summed E-state index contributed by atoms with van der Waals surface area (Å²) in [5, 5.41) is 1.14. The highest BCUT2D eigenvalue weighted by molar-refractivity contribution is 7.89.